The molecule has 1 atom stereocenters. The highest BCUT2D eigenvalue weighted by atomic mass is 14.6. The Morgan fingerprint density at radius 3 is 3.00 bits per heavy atom. The van der Waals surface area contributed by atoms with E-state index < -0.39 is 0 Å². The fourth-order valence-corrected chi connectivity index (χ4v) is 1.66. The van der Waals surface area contributed by atoms with Gasteiger partial charge in [-0.1, -0.05) is 32.3 Å². The molecule has 0 aromatic heterocycles. The van der Waals surface area contributed by atoms with E-state index in [1.54, 1.807) is 0 Å². The lowest BCUT2D eigenvalue weighted by Gasteiger charge is -2.19. The molecular formula is C10H19N. The number of rotatable bonds is 3. The molecule has 0 saturated heterocycles. The zero-order valence-corrected chi connectivity index (χ0v) is 7.47. The molecule has 0 bridgehead atoms. The summed E-state index contributed by atoms with van der Waals surface area (Å²) in [5.74, 6) is 0.933. The van der Waals surface area contributed by atoms with E-state index in [2.05, 4.69) is 13.0 Å². The van der Waals surface area contributed by atoms with Gasteiger partial charge < -0.3 is 5.73 Å². The largest absolute Gasteiger partial charge is 0.402 e. The van der Waals surface area contributed by atoms with E-state index in [9.17, 15) is 0 Å². The lowest BCUT2D eigenvalue weighted by Crippen LogP contribution is -2.09. The topological polar surface area (TPSA) is 26.0 Å². The van der Waals surface area contributed by atoms with Crippen LogP contribution in [0.15, 0.2) is 11.8 Å². The SMILES string of the molecule is CCCC[C@H]1CC=C(N)CC1. The maximum absolute atomic E-state index is 5.69. The average Bonchev–Trinajstić information content (AvgIpc) is 2.04. The van der Waals surface area contributed by atoms with E-state index in [0.717, 1.165) is 18.0 Å². The predicted octanol–water partition coefficient (Wildman–Crippen LogP) is 2.82. The van der Waals surface area contributed by atoms with Gasteiger partial charge in [-0.15, -0.1) is 0 Å². The number of hydrogen-bond donors (Lipinski definition) is 1. The first-order chi connectivity index (χ1) is 5.33. The van der Waals surface area contributed by atoms with Crippen molar-refractivity contribution >= 4 is 0 Å². The fourth-order valence-electron chi connectivity index (χ4n) is 1.66. The van der Waals surface area contributed by atoms with Crippen molar-refractivity contribution in [2.24, 2.45) is 11.7 Å². The Hall–Kier alpha value is -0.460. The molecule has 1 aliphatic carbocycles. The summed E-state index contributed by atoms with van der Waals surface area (Å²) in [5, 5.41) is 0. The molecule has 0 heterocycles. The third-order valence-corrected chi connectivity index (χ3v) is 2.52. The first-order valence-corrected chi connectivity index (χ1v) is 4.77. The molecule has 0 amide bonds. The molecule has 1 heteroatoms. The molecule has 0 spiro atoms. The summed E-state index contributed by atoms with van der Waals surface area (Å²) in [5.41, 5.74) is 6.80. The van der Waals surface area contributed by atoms with Gasteiger partial charge in [0.2, 0.25) is 0 Å². The van der Waals surface area contributed by atoms with E-state index in [1.165, 1.54) is 32.1 Å². The van der Waals surface area contributed by atoms with Gasteiger partial charge >= 0.3 is 0 Å². The molecule has 64 valence electrons. The normalized spacial score (nSPS) is 24.8. The van der Waals surface area contributed by atoms with Gasteiger partial charge in [-0.05, 0) is 25.2 Å². The van der Waals surface area contributed by atoms with Crippen LogP contribution >= 0.6 is 0 Å². The van der Waals surface area contributed by atoms with Crippen LogP contribution in [-0.4, -0.2) is 0 Å². The van der Waals surface area contributed by atoms with E-state index >= 15 is 0 Å². The Labute approximate surface area is 69.7 Å². The van der Waals surface area contributed by atoms with Crippen molar-refractivity contribution in [2.75, 3.05) is 0 Å². The summed E-state index contributed by atoms with van der Waals surface area (Å²) in [7, 11) is 0. The highest BCUT2D eigenvalue weighted by Gasteiger charge is 2.11. The summed E-state index contributed by atoms with van der Waals surface area (Å²) in [6.07, 6.45) is 10.0. The zero-order valence-electron chi connectivity index (χ0n) is 7.47. The number of nitrogens with two attached hydrogens (primary N) is 1. The molecule has 0 fully saturated rings. The smallest absolute Gasteiger partial charge is 0.00401 e. The van der Waals surface area contributed by atoms with Crippen molar-refractivity contribution in [3.05, 3.63) is 11.8 Å². The van der Waals surface area contributed by atoms with Crippen LogP contribution in [0.1, 0.15) is 45.4 Å². The minimum atomic E-state index is 0.933. The van der Waals surface area contributed by atoms with E-state index in [0.29, 0.717) is 0 Å². The number of hydrogen-bond acceptors (Lipinski definition) is 1. The summed E-state index contributed by atoms with van der Waals surface area (Å²) in [6, 6.07) is 0. The minimum absolute atomic E-state index is 0.933. The van der Waals surface area contributed by atoms with Crippen molar-refractivity contribution in [3.63, 3.8) is 0 Å². The van der Waals surface area contributed by atoms with Gasteiger partial charge in [0, 0.05) is 5.70 Å². The van der Waals surface area contributed by atoms with Crippen LogP contribution in [0.25, 0.3) is 0 Å². The van der Waals surface area contributed by atoms with Crippen LogP contribution in [0.2, 0.25) is 0 Å². The summed E-state index contributed by atoms with van der Waals surface area (Å²) in [4.78, 5) is 0. The molecule has 0 unspecified atom stereocenters. The van der Waals surface area contributed by atoms with Crippen LogP contribution in [0.5, 0.6) is 0 Å². The summed E-state index contributed by atoms with van der Waals surface area (Å²) in [6.45, 7) is 2.26. The third-order valence-electron chi connectivity index (χ3n) is 2.52. The predicted molar refractivity (Wildman–Crippen MR) is 49.1 cm³/mol. The van der Waals surface area contributed by atoms with Gasteiger partial charge in [-0.3, -0.25) is 0 Å². The fraction of sp³-hybridized carbons (Fsp3) is 0.800. The Morgan fingerprint density at radius 2 is 2.45 bits per heavy atom. The second-order valence-corrected chi connectivity index (χ2v) is 3.56. The van der Waals surface area contributed by atoms with Crippen molar-refractivity contribution in [2.45, 2.75) is 45.4 Å². The first-order valence-electron chi connectivity index (χ1n) is 4.77. The average molecular weight is 153 g/mol. The summed E-state index contributed by atoms with van der Waals surface area (Å²) >= 11 is 0. The van der Waals surface area contributed by atoms with E-state index in [-0.39, 0.29) is 0 Å². The van der Waals surface area contributed by atoms with Crippen molar-refractivity contribution in [1.29, 1.82) is 0 Å². The Balaban J connectivity index is 2.18. The molecule has 0 aliphatic heterocycles. The quantitative estimate of drug-likeness (QED) is 0.663. The highest BCUT2D eigenvalue weighted by Crippen LogP contribution is 2.25. The highest BCUT2D eigenvalue weighted by molar-refractivity contribution is 5.01. The van der Waals surface area contributed by atoms with Gasteiger partial charge in [-0.25, -0.2) is 0 Å². The molecule has 0 radical (unpaired) electrons. The maximum Gasteiger partial charge on any atom is 0.00401 e. The molecule has 2 N–H and O–H groups in total. The molecule has 0 aromatic rings. The number of allylic oxidation sites excluding steroid dienone is 2. The van der Waals surface area contributed by atoms with E-state index in [1.807, 2.05) is 0 Å². The maximum atomic E-state index is 5.69. The molecule has 0 aromatic carbocycles. The minimum Gasteiger partial charge on any atom is -0.402 e. The van der Waals surface area contributed by atoms with Gasteiger partial charge in [0.25, 0.3) is 0 Å². The molecule has 0 saturated carbocycles. The number of unbranched alkanes of at least 4 members (excludes halogenated alkanes) is 1. The molecule has 1 nitrogen and oxygen atoms in total. The van der Waals surface area contributed by atoms with Crippen molar-refractivity contribution < 1.29 is 0 Å². The van der Waals surface area contributed by atoms with Gasteiger partial charge in [0.05, 0.1) is 0 Å². The lowest BCUT2D eigenvalue weighted by atomic mass is 9.89. The standard InChI is InChI=1S/C10H19N/c1-2-3-4-9-5-7-10(11)8-6-9/h7,9H,2-6,8,11H2,1H3/t9-/m0/s1. The molecule has 11 heavy (non-hydrogen) atoms. The van der Waals surface area contributed by atoms with Crippen LogP contribution in [0, 0.1) is 5.92 Å². The van der Waals surface area contributed by atoms with Crippen LogP contribution in [-0.2, 0) is 0 Å². The molecule has 1 aliphatic rings. The second-order valence-electron chi connectivity index (χ2n) is 3.56. The Morgan fingerprint density at radius 1 is 1.64 bits per heavy atom. The molecule has 1 rings (SSSR count). The Kier molecular flexibility index (Phi) is 3.47. The van der Waals surface area contributed by atoms with E-state index in [4.69, 9.17) is 5.73 Å². The molecular weight excluding hydrogens is 134 g/mol. The Bertz CT molecular complexity index is 138. The summed E-state index contributed by atoms with van der Waals surface area (Å²) < 4.78 is 0. The lowest BCUT2D eigenvalue weighted by molar-refractivity contribution is 0.421. The van der Waals surface area contributed by atoms with Gasteiger partial charge in [0.15, 0.2) is 0 Å². The monoisotopic (exact) mass is 153 g/mol. The second kappa shape index (κ2) is 4.42. The first kappa shape index (κ1) is 8.63. The van der Waals surface area contributed by atoms with Crippen LogP contribution in [0.3, 0.4) is 0 Å². The van der Waals surface area contributed by atoms with Crippen molar-refractivity contribution in [3.8, 4) is 0 Å². The van der Waals surface area contributed by atoms with Crippen LogP contribution < -0.4 is 5.73 Å². The zero-order chi connectivity index (χ0) is 8.10. The van der Waals surface area contributed by atoms with Crippen molar-refractivity contribution in [1.82, 2.24) is 0 Å². The third kappa shape index (κ3) is 2.96. The van der Waals surface area contributed by atoms with Gasteiger partial charge in [-0.2, -0.15) is 0 Å². The van der Waals surface area contributed by atoms with Gasteiger partial charge in [0.1, 0.15) is 0 Å². The van der Waals surface area contributed by atoms with Crippen LogP contribution in [0.4, 0.5) is 0 Å².